The van der Waals surface area contributed by atoms with E-state index >= 15 is 0 Å². The molecule has 0 saturated heterocycles. The topological polar surface area (TPSA) is 237 Å². The summed E-state index contributed by atoms with van der Waals surface area (Å²) in [6.07, 6.45) is 62.2. The maximum Gasteiger partial charge on any atom is 0.472 e. The lowest BCUT2D eigenvalue weighted by Crippen LogP contribution is -2.30. The van der Waals surface area contributed by atoms with Crippen molar-refractivity contribution in [2.24, 2.45) is 0 Å². The van der Waals surface area contributed by atoms with Crippen molar-refractivity contribution in [2.45, 2.75) is 431 Å². The van der Waals surface area contributed by atoms with Crippen LogP contribution in [0.15, 0.2) is 0 Å². The van der Waals surface area contributed by atoms with E-state index in [2.05, 4.69) is 27.7 Å². The summed E-state index contributed by atoms with van der Waals surface area (Å²) in [4.78, 5) is 72.9. The summed E-state index contributed by atoms with van der Waals surface area (Å²) in [7, 11) is -9.91. The molecule has 0 amide bonds. The van der Waals surface area contributed by atoms with Gasteiger partial charge in [0, 0.05) is 25.7 Å². The van der Waals surface area contributed by atoms with E-state index in [1.54, 1.807) is 0 Å². The summed E-state index contributed by atoms with van der Waals surface area (Å²) in [6, 6.07) is 0. The number of ether oxygens (including phenoxy) is 4. The number of phosphoric ester groups is 2. The first-order valence-corrected chi connectivity index (χ1v) is 43.3. The van der Waals surface area contributed by atoms with Crippen LogP contribution in [0.1, 0.15) is 413 Å². The van der Waals surface area contributed by atoms with Gasteiger partial charge in [-0.25, -0.2) is 9.13 Å². The van der Waals surface area contributed by atoms with Crippen LogP contribution >= 0.6 is 15.6 Å². The average molecular weight is 1410 g/mol. The van der Waals surface area contributed by atoms with Gasteiger partial charge in [-0.15, -0.1) is 0 Å². The number of rotatable bonds is 78. The number of aliphatic hydroxyl groups is 1. The Morgan fingerprint density at radius 2 is 0.417 bits per heavy atom. The van der Waals surface area contributed by atoms with E-state index in [1.165, 1.54) is 244 Å². The predicted octanol–water partition coefficient (Wildman–Crippen LogP) is 23.0. The van der Waals surface area contributed by atoms with Gasteiger partial charge in [0.05, 0.1) is 26.4 Å². The number of unbranched alkanes of at least 4 members (excludes halogenated alkanes) is 52. The Hall–Kier alpha value is -1.94. The lowest BCUT2D eigenvalue weighted by atomic mass is 10.0. The van der Waals surface area contributed by atoms with Crippen molar-refractivity contribution in [1.29, 1.82) is 0 Å². The Balaban J connectivity index is 5.24. The lowest BCUT2D eigenvalue weighted by Gasteiger charge is -2.21. The molecule has 96 heavy (non-hydrogen) atoms. The molecular weight excluding hydrogens is 1260 g/mol. The molecule has 0 saturated carbocycles. The minimum absolute atomic E-state index is 0.108. The molecule has 0 radical (unpaired) electrons. The molecule has 0 fully saturated rings. The first-order chi connectivity index (χ1) is 46.7. The first kappa shape index (κ1) is 94.1. The first-order valence-electron chi connectivity index (χ1n) is 40.3. The highest BCUT2D eigenvalue weighted by Crippen LogP contribution is 2.45. The summed E-state index contributed by atoms with van der Waals surface area (Å²) < 4.78 is 68.6. The van der Waals surface area contributed by atoms with Gasteiger partial charge in [0.15, 0.2) is 12.2 Å². The second-order valence-corrected chi connectivity index (χ2v) is 30.7. The molecule has 0 bridgehead atoms. The number of esters is 4. The molecule has 17 nitrogen and oxygen atoms in total. The zero-order chi connectivity index (χ0) is 70.4. The van der Waals surface area contributed by atoms with E-state index in [9.17, 15) is 43.2 Å². The van der Waals surface area contributed by atoms with Gasteiger partial charge in [0.2, 0.25) is 0 Å². The van der Waals surface area contributed by atoms with Crippen LogP contribution < -0.4 is 0 Å². The summed E-state index contributed by atoms with van der Waals surface area (Å²) in [5.74, 6) is -2.11. The average Bonchev–Trinajstić information content (AvgIpc) is 1.40. The zero-order valence-corrected chi connectivity index (χ0v) is 64.1. The van der Waals surface area contributed by atoms with Crippen molar-refractivity contribution in [3.8, 4) is 0 Å². The van der Waals surface area contributed by atoms with Crippen molar-refractivity contribution in [2.75, 3.05) is 39.6 Å². The standard InChI is InChI=1S/C77H150O17P2/c1-5-9-13-17-21-25-29-32-34-35-36-37-40-44-48-52-56-60-64-77(82)94-73(68-88-75(80)62-58-54-50-46-42-39-33-30-26-22-18-14-10-6-2)70-92-96(85,86)90-66-71(78)65-89-95(83,84)91-69-72(67-87-74(79)61-57-53-49-45-41-28-24-20-16-12-8-4)93-76(81)63-59-55-51-47-43-38-31-27-23-19-15-11-7-3/h71-73,78H,5-70H2,1-4H3,(H,83,84)(H,85,86)/t71-,72+,73+/m0/s1. The van der Waals surface area contributed by atoms with E-state index in [4.69, 9.17) is 37.0 Å². The zero-order valence-electron chi connectivity index (χ0n) is 62.4. The fourth-order valence-corrected chi connectivity index (χ4v) is 13.5. The maximum atomic E-state index is 13.1. The Bertz CT molecular complexity index is 1830. The normalized spacial score (nSPS) is 13.9. The van der Waals surface area contributed by atoms with Crippen LogP contribution in [0.4, 0.5) is 0 Å². The summed E-state index contributed by atoms with van der Waals surface area (Å²) in [5.41, 5.74) is 0. The van der Waals surface area contributed by atoms with Gasteiger partial charge in [0.25, 0.3) is 0 Å². The van der Waals surface area contributed by atoms with Gasteiger partial charge < -0.3 is 33.8 Å². The number of carbonyl (C=O) groups is 4. The highest BCUT2D eigenvalue weighted by Gasteiger charge is 2.30. The number of phosphoric acid groups is 2. The molecule has 3 N–H and O–H groups in total. The molecule has 0 aromatic heterocycles. The SMILES string of the molecule is CCCCCCCCCCCCCCCCCCCCC(=O)O[C@H](COC(=O)CCCCCCCCCCCCCCCC)COP(=O)(O)OC[C@@H](O)COP(=O)(O)OC[C@@H](COC(=O)CCCCCCCCCCCCC)OC(=O)CCCCCCCCCCCCCCC. The summed E-state index contributed by atoms with van der Waals surface area (Å²) >= 11 is 0. The molecule has 0 aromatic rings. The van der Waals surface area contributed by atoms with Crippen molar-refractivity contribution < 1.29 is 80.2 Å². The Morgan fingerprint density at radius 1 is 0.250 bits per heavy atom. The lowest BCUT2D eigenvalue weighted by molar-refractivity contribution is -0.161. The van der Waals surface area contributed by atoms with Gasteiger partial charge in [-0.3, -0.25) is 37.3 Å². The molecule has 0 aliphatic heterocycles. The fraction of sp³-hybridized carbons (Fsp3) is 0.948. The van der Waals surface area contributed by atoms with Gasteiger partial charge in [-0.1, -0.05) is 362 Å². The van der Waals surface area contributed by atoms with Crippen LogP contribution in [0.25, 0.3) is 0 Å². The van der Waals surface area contributed by atoms with E-state index in [1.807, 2.05) is 0 Å². The van der Waals surface area contributed by atoms with Crippen LogP contribution in [0.3, 0.4) is 0 Å². The smallest absolute Gasteiger partial charge is 0.462 e. The third-order valence-electron chi connectivity index (χ3n) is 18.1. The Labute approximate surface area is 588 Å². The van der Waals surface area contributed by atoms with Crippen LogP contribution in [0.2, 0.25) is 0 Å². The van der Waals surface area contributed by atoms with Crippen molar-refractivity contribution in [3.05, 3.63) is 0 Å². The van der Waals surface area contributed by atoms with E-state index in [0.717, 1.165) is 89.9 Å². The number of aliphatic hydroxyl groups excluding tert-OH is 1. The van der Waals surface area contributed by atoms with Crippen LogP contribution in [-0.2, 0) is 65.4 Å². The predicted molar refractivity (Wildman–Crippen MR) is 391 cm³/mol. The summed E-state index contributed by atoms with van der Waals surface area (Å²) in [5, 5.41) is 10.6. The molecule has 2 unspecified atom stereocenters. The van der Waals surface area contributed by atoms with Crippen LogP contribution in [-0.4, -0.2) is 96.7 Å². The van der Waals surface area contributed by atoms with Crippen molar-refractivity contribution in [3.63, 3.8) is 0 Å². The molecule has 0 rings (SSSR count). The minimum atomic E-state index is -4.96. The fourth-order valence-electron chi connectivity index (χ4n) is 11.9. The van der Waals surface area contributed by atoms with Crippen LogP contribution in [0.5, 0.6) is 0 Å². The molecule has 0 spiro atoms. The molecular formula is C77H150O17P2. The highest BCUT2D eigenvalue weighted by atomic mass is 31.2. The monoisotopic (exact) mass is 1410 g/mol. The minimum Gasteiger partial charge on any atom is -0.462 e. The Morgan fingerprint density at radius 3 is 0.615 bits per heavy atom. The van der Waals surface area contributed by atoms with E-state index < -0.39 is 97.5 Å². The van der Waals surface area contributed by atoms with Gasteiger partial charge in [0.1, 0.15) is 19.3 Å². The molecule has 0 aliphatic rings. The van der Waals surface area contributed by atoms with Gasteiger partial charge in [-0.2, -0.15) is 0 Å². The van der Waals surface area contributed by atoms with Gasteiger partial charge >= 0.3 is 39.5 Å². The van der Waals surface area contributed by atoms with Crippen molar-refractivity contribution in [1.82, 2.24) is 0 Å². The van der Waals surface area contributed by atoms with Crippen molar-refractivity contribution >= 4 is 39.5 Å². The third-order valence-corrected chi connectivity index (χ3v) is 20.0. The van der Waals surface area contributed by atoms with Crippen LogP contribution in [0, 0.1) is 0 Å². The number of hydrogen-bond donors (Lipinski definition) is 3. The molecule has 0 heterocycles. The maximum absolute atomic E-state index is 13.1. The largest absolute Gasteiger partial charge is 0.472 e. The number of carbonyl (C=O) groups excluding carboxylic acids is 4. The second kappa shape index (κ2) is 71.5. The quantitative estimate of drug-likeness (QED) is 0.0222. The molecule has 570 valence electrons. The van der Waals surface area contributed by atoms with Gasteiger partial charge in [-0.05, 0) is 25.7 Å². The van der Waals surface area contributed by atoms with E-state index in [-0.39, 0.29) is 25.7 Å². The summed E-state index contributed by atoms with van der Waals surface area (Å²) in [6.45, 7) is 5.00. The second-order valence-electron chi connectivity index (χ2n) is 27.7. The molecule has 19 heteroatoms. The molecule has 0 aromatic carbocycles. The highest BCUT2D eigenvalue weighted by molar-refractivity contribution is 7.47. The van der Waals surface area contributed by atoms with E-state index in [0.29, 0.717) is 25.7 Å². The number of hydrogen-bond acceptors (Lipinski definition) is 15. The Kier molecular flexibility index (Phi) is 70.0. The molecule has 5 atom stereocenters. The third kappa shape index (κ3) is 70.5. The molecule has 0 aliphatic carbocycles.